The van der Waals surface area contributed by atoms with Gasteiger partial charge in [0.1, 0.15) is 12.1 Å². The van der Waals surface area contributed by atoms with Gasteiger partial charge in [-0.05, 0) is 6.92 Å². The van der Waals surface area contributed by atoms with E-state index in [4.69, 9.17) is 16.3 Å². The molecule has 0 aromatic carbocycles. The number of ether oxygens (including phenoxy) is 1. The first-order valence-electron chi connectivity index (χ1n) is 4.57. The molecular weight excluding hydrogens is 294 g/mol. The second kappa shape index (κ2) is 5.09. The molecule has 0 aromatic rings. The third kappa shape index (κ3) is 4.09. The Hall–Kier alpha value is -0.380. The maximum absolute atomic E-state index is 11.6. The maximum atomic E-state index is 11.6. The van der Waals surface area contributed by atoms with Crippen molar-refractivity contribution in [2.45, 2.75) is 12.5 Å². The average molecular weight is 306 g/mol. The number of carbonyl (C=O) groups excluding carboxylic acids is 1. The highest BCUT2D eigenvalue weighted by atomic mass is 35.5. The molecule has 1 N–H and O–H groups in total. The smallest absolute Gasteiger partial charge is 0.425 e. The molecule has 1 aliphatic rings. The summed E-state index contributed by atoms with van der Waals surface area (Å²) >= 11 is 5.66. The summed E-state index contributed by atoms with van der Waals surface area (Å²) in [7, 11) is -5.66. The lowest BCUT2D eigenvalue weighted by Crippen LogP contribution is -2.44. The summed E-state index contributed by atoms with van der Waals surface area (Å²) in [5.74, 6) is -0.822. The van der Waals surface area contributed by atoms with E-state index in [2.05, 4.69) is 4.74 Å². The molecule has 7 nitrogen and oxygen atoms in total. The Morgan fingerprint density at radius 2 is 2.24 bits per heavy atom. The molecule has 17 heavy (non-hydrogen) atoms. The standard InChI is InChI=1S/C7H12ClNO6S2/c1-7(4-15-6(10)9(7)8)5-16(11)2-3-17(12,13)14/h2-5H2,1H3,(H,12,13,14). The Morgan fingerprint density at radius 3 is 2.65 bits per heavy atom. The first kappa shape index (κ1) is 14.7. The highest BCUT2D eigenvalue weighted by molar-refractivity contribution is 7.89. The highest BCUT2D eigenvalue weighted by Gasteiger charge is 2.44. The first-order chi connectivity index (χ1) is 7.64. The molecule has 1 fully saturated rings. The third-order valence-corrected chi connectivity index (χ3v) is 5.31. The zero-order valence-electron chi connectivity index (χ0n) is 8.96. The number of hydrogen-bond donors (Lipinski definition) is 1. The van der Waals surface area contributed by atoms with Crippen molar-refractivity contribution in [1.82, 2.24) is 4.42 Å². The molecule has 1 rings (SSSR count). The van der Waals surface area contributed by atoms with Gasteiger partial charge in [0.25, 0.3) is 10.1 Å². The van der Waals surface area contributed by atoms with Crippen molar-refractivity contribution >= 4 is 38.8 Å². The van der Waals surface area contributed by atoms with Crippen LogP contribution in [0.3, 0.4) is 0 Å². The van der Waals surface area contributed by atoms with Gasteiger partial charge in [-0.1, -0.05) is 0 Å². The number of carbonyl (C=O) groups is 1. The molecule has 0 spiro atoms. The molecule has 1 amide bonds. The second-order valence-corrected chi connectivity index (χ2v) is 7.39. The predicted molar refractivity (Wildman–Crippen MR) is 61.7 cm³/mol. The van der Waals surface area contributed by atoms with Crippen LogP contribution in [0.2, 0.25) is 0 Å². The van der Waals surface area contributed by atoms with Crippen LogP contribution in [0, 0.1) is 0 Å². The number of cyclic esters (lactones) is 1. The Morgan fingerprint density at radius 1 is 1.65 bits per heavy atom. The quantitative estimate of drug-likeness (QED) is 0.566. The summed E-state index contributed by atoms with van der Waals surface area (Å²) in [4.78, 5) is 11.0. The van der Waals surface area contributed by atoms with Crippen molar-refractivity contribution in [3.05, 3.63) is 0 Å². The summed E-state index contributed by atoms with van der Waals surface area (Å²) in [5, 5.41) is 0. The molecule has 0 radical (unpaired) electrons. The summed E-state index contributed by atoms with van der Waals surface area (Å²) < 4.78 is 46.5. The van der Waals surface area contributed by atoms with Crippen LogP contribution in [0.4, 0.5) is 4.79 Å². The molecule has 10 heteroatoms. The third-order valence-electron chi connectivity index (χ3n) is 2.18. The fourth-order valence-corrected chi connectivity index (χ4v) is 4.13. The maximum Gasteiger partial charge on any atom is 0.425 e. The molecule has 1 aliphatic heterocycles. The minimum absolute atomic E-state index is 0.00700. The van der Waals surface area contributed by atoms with Crippen LogP contribution in [0.5, 0.6) is 0 Å². The Balaban J connectivity index is 2.54. The van der Waals surface area contributed by atoms with E-state index >= 15 is 0 Å². The summed E-state index contributed by atoms with van der Waals surface area (Å²) in [5.41, 5.74) is -0.928. The molecule has 0 aliphatic carbocycles. The molecule has 0 saturated carbocycles. The van der Waals surface area contributed by atoms with Crippen molar-refractivity contribution < 1.29 is 26.7 Å². The molecule has 0 bridgehead atoms. The van der Waals surface area contributed by atoms with Crippen LogP contribution >= 0.6 is 11.8 Å². The summed E-state index contributed by atoms with van der Waals surface area (Å²) in [6, 6.07) is 0. The zero-order valence-corrected chi connectivity index (χ0v) is 11.3. The van der Waals surface area contributed by atoms with Gasteiger partial charge in [0.05, 0.1) is 11.5 Å². The van der Waals surface area contributed by atoms with Gasteiger partial charge in [0, 0.05) is 28.3 Å². The second-order valence-electron chi connectivity index (χ2n) is 3.91. The molecule has 100 valence electrons. The van der Waals surface area contributed by atoms with Crippen LogP contribution in [-0.2, 0) is 25.7 Å². The first-order valence-corrected chi connectivity index (χ1v) is 8.00. The number of rotatable bonds is 5. The Kier molecular flexibility index (Phi) is 4.39. The van der Waals surface area contributed by atoms with Gasteiger partial charge in [-0.3, -0.25) is 8.76 Å². The van der Waals surface area contributed by atoms with Gasteiger partial charge >= 0.3 is 6.09 Å². The monoisotopic (exact) mass is 305 g/mol. The van der Waals surface area contributed by atoms with E-state index in [1.54, 1.807) is 6.92 Å². The van der Waals surface area contributed by atoms with E-state index in [1.165, 1.54) is 0 Å². The lowest BCUT2D eigenvalue weighted by Gasteiger charge is -2.25. The van der Waals surface area contributed by atoms with Crippen LogP contribution < -0.4 is 0 Å². The minimum atomic E-state index is -4.13. The number of nitrogens with zero attached hydrogens (tertiary/aromatic N) is 1. The normalized spacial score (nSPS) is 27.0. The van der Waals surface area contributed by atoms with Gasteiger partial charge in [-0.25, -0.2) is 9.21 Å². The fraction of sp³-hybridized carbons (Fsp3) is 0.857. The fourth-order valence-electron chi connectivity index (χ4n) is 1.27. The topological polar surface area (TPSA) is 101 Å². The van der Waals surface area contributed by atoms with E-state index in [0.29, 0.717) is 0 Å². The zero-order chi connectivity index (χ0) is 13.3. The van der Waals surface area contributed by atoms with E-state index in [1.807, 2.05) is 0 Å². The van der Waals surface area contributed by atoms with Crippen LogP contribution in [-0.4, -0.2) is 57.1 Å². The number of hydrogen-bond acceptors (Lipinski definition) is 5. The van der Waals surface area contributed by atoms with Crippen molar-refractivity contribution in [3.63, 3.8) is 0 Å². The van der Waals surface area contributed by atoms with E-state index in [-0.39, 0.29) is 18.1 Å². The summed E-state index contributed by atoms with van der Waals surface area (Å²) in [6.07, 6.45) is -0.721. The highest BCUT2D eigenvalue weighted by Crippen LogP contribution is 2.27. The van der Waals surface area contributed by atoms with Crippen molar-refractivity contribution in [1.29, 1.82) is 0 Å². The lowest BCUT2D eigenvalue weighted by atomic mass is 10.1. The molecular formula is C7H12ClNO6S2. The van der Waals surface area contributed by atoms with E-state index in [0.717, 1.165) is 4.42 Å². The van der Waals surface area contributed by atoms with Crippen molar-refractivity contribution in [2.75, 3.05) is 23.9 Å². The minimum Gasteiger partial charge on any atom is -0.446 e. The number of halogens is 1. The molecule has 1 heterocycles. The molecule has 2 unspecified atom stereocenters. The Labute approximate surface area is 106 Å². The Bertz CT molecular complexity index is 438. The van der Waals surface area contributed by atoms with Crippen LogP contribution in [0.25, 0.3) is 0 Å². The van der Waals surface area contributed by atoms with E-state index in [9.17, 15) is 17.4 Å². The molecule has 0 aromatic heterocycles. The van der Waals surface area contributed by atoms with Crippen LogP contribution in [0.1, 0.15) is 6.92 Å². The van der Waals surface area contributed by atoms with Crippen LogP contribution in [0.15, 0.2) is 0 Å². The molecule has 1 saturated heterocycles. The van der Waals surface area contributed by atoms with Gasteiger partial charge < -0.3 is 4.74 Å². The number of amides is 1. The SMILES string of the molecule is CC1(CS(=O)CCS(=O)(=O)O)COC(=O)N1Cl. The predicted octanol–water partition coefficient (Wildman–Crippen LogP) is -0.0124. The van der Waals surface area contributed by atoms with Gasteiger partial charge in [0.15, 0.2) is 0 Å². The molecule has 2 atom stereocenters. The van der Waals surface area contributed by atoms with Gasteiger partial charge in [-0.2, -0.15) is 8.42 Å². The largest absolute Gasteiger partial charge is 0.446 e. The van der Waals surface area contributed by atoms with E-state index < -0.39 is 38.3 Å². The van der Waals surface area contributed by atoms with Gasteiger partial charge in [0.2, 0.25) is 0 Å². The van der Waals surface area contributed by atoms with Crippen molar-refractivity contribution in [3.8, 4) is 0 Å². The van der Waals surface area contributed by atoms with Gasteiger partial charge in [-0.15, -0.1) is 0 Å². The lowest BCUT2D eigenvalue weighted by molar-refractivity contribution is 0.170. The van der Waals surface area contributed by atoms with Crippen molar-refractivity contribution in [2.24, 2.45) is 0 Å². The average Bonchev–Trinajstić information content (AvgIpc) is 2.43. The summed E-state index contributed by atoms with van der Waals surface area (Å²) in [6.45, 7) is 1.57.